The highest BCUT2D eigenvalue weighted by molar-refractivity contribution is 7.91. The van der Waals surface area contributed by atoms with Crippen molar-refractivity contribution in [1.82, 2.24) is 30.2 Å². The molecular weight excluding hydrogens is 841 g/mol. The third-order valence-electron chi connectivity index (χ3n) is 14.2. The molecule has 5 fully saturated rings. The largest absolute Gasteiger partial charge is 0.497 e. The van der Waals surface area contributed by atoms with E-state index in [2.05, 4.69) is 27.5 Å². The molecule has 4 amide bonds. The Balaban J connectivity index is 1.16. The normalized spacial score (nSPS) is 34.0. The van der Waals surface area contributed by atoms with Crippen LogP contribution in [0.3, 0.4) is 0 Å². The third kappa shape index (κ3) is 8.01. The van der Waals surface area contributed by atoms with Gasteiger partial charge in [0.15, 0.2) is 5.69 Å². The fraction of sp³-hybridized carbons (Fsp3) is 0.714. The summed E-state index contributed by atoms with van der Waals surface area (Å²) in [5.74, 6) is -7.83. The molecule has 1 saturated heterocycles. The number of hydrogen-bond donors (Lipinski definition) is 3. The zero-order chi connectivity index (χ0) is 44.9. The maximum absolute atomic E-state index is 16.5. The molecule has 0 radical (unpaired) electrons. The minimum absolute atomic E-state index is 0.0788. The third-order valence-corrected chi connectivity index (χ3v) is 16.4. The Kier molecular flexibility index (Phi) is 10.9. The summed E-state index contributed by atoms with van der Waals surface area (Å²) in [6.45, 7) is 8.14. The van der Waals surface area contributed by atoms with Gasteiger partial charge in [-0.3, -0.25) is 19.1 Å². The molecule has 3 N–H and O–H groups in total. The fourth-order valence-corrected chi connectivity index (χ4v) is 11.3. The van der Waals surface area contributed by atoms with E-state index < -0.39 is 129 Å². The van der Waals surface area contributed by atoms with E-state index in [0.29, 0.717) is 36.8 Å². The van der Waals surface area contributed by atoms with Crippen molar-refractivity contribution in [2.24, 2.45) is 35.0 Å². The van der Waals surface area contributed by atoms with Gasteiger partial charge in [0.2, 0.25) is 34.1 Å². The Morgan fingerprint density at radius 2 is 1.76 bits per heavy atom. The lowest BCUT2D eigenvalue weighted by atomic mass is 9.85. The van der Waals surface area contributed by atoms with E-state index in [0.717, 1.165) is 4.90 Å². The first-order valence-electron chi connectivity index (χ1n) is 21.3. The van der Waals surface area contributed by atoms with Crippen LogP contribution in [0.2, 0.25) is 0 Å². The van der Waals surface area contributed by atoms with E-state index in [4.69, 9.17) is 14.2 Å². The van der Waals surface area contributed by atoms with E-state index in [-0.39, 0.29) is 42.1 Å². The Labute approximate surface area is 357 Å². The number of halogens is 4. The molecule has 20 heteroatoms. The first-order valence-corrected chi connectivity index (χ1v) is 22.8. The Morgan fingerprint density at radius 3 is 2.40 bits per heavy atom. The zero-order valence-corrected chi connectivity index (χ0v) is 36.3. The first-order chi connectivity index (χ1) is 29.0. The molecule has 4 aliphatic carbocycles. The number of hydrogen-bond acceptors (Lipinski definition) is 11. The number of ether oxygens (including phenoxy) is 3. The van der Waals surface area contributed by atoms with Crippen molar-refractivity contribution < 1.29 is 59.4 Å². The summed E-state index contributed by atoms with van der Waals surface area (Å²) in [5.41, 5.74) is -3.81. The van der Waals surface area contributed by atoms with Gasteiger partial charge in [0.1, 0.15) is 35.6 Å². The van der Waals surface area contributed by atoms with E-state index >= 15 is 8.78 Å². The monoisotopic (exact) mass is 894 g/mol. The lowest BCUT2D eigenvalue weighted by Gasteiger charge is -2.36. The van der Waals surface area contributed by atoms with E-state index in [1.807, 2.05) is 4.72 Å². The molecule has 2 bridgehead atoms. The molecule has 10 atom stereocenters. The number of alkyl halides is 4. The Bertz CT molecular complexity index is 2270. The van der Waals surface area contributed by atoms with Crippen LogP contribution in [-0.4, -0.2) is 102 Å². The average molecular weight is 895 g/mol. The van der Waals surface area contributed by atoms with Gasteiger partial charge in [-0.2, -0.15) is 8.78 Å². The van der Waals surface area contributed by atoms with Crippen LogP contribution >= 0.6 is 0 Å². The van der Waals surface area contributed by atoms with E-state index in [1.165, 1.54) is 26.2 Å². The average Bonchev–Trinajstić information content (AvgIpc) is 4.14. The summed E-state index contributed by atoms with van der Waals surface area (Å²) in [4.78, 5) is 66.4. The SMILES string of the molecule is COc1ccc2nc3c(nc2c1)O[C@@H]1C[C@@H](C(=O)N[C@]2(C(=O)NS(=O)(=O)C4(C)CC4)C[C@H]2C(F)F)N(C1)C(=O)[C@H](C(C)(C)C)NC(=O)O[C@@H]1C[C@@H]2C(C)[C@@H]2[C@H]1CCCCC3(F)F. The van der Waals surface area contributed by atoms with Gasteiger partial charge < -0.3 is 29.7 Å². The topological polar surface area (TPSA) is 195 Å². The fourth-order valence-electron chi connectivity index (χ4n) is 9.95. The van der Waals surface area contributed by atoms with Crippen LogP contribution in [-0.2, 0) is 35.1 Å². The summed E-state index contributed by atoms with van der Waals surface area (Å²) >= 11 is 0. The van der Waals surface area contributed by atoms with Crippen LogP contribution in [0.25, 0.3) is 11.0 Å². The van der Waals surface area contributed by atoms with Crippen molar-refractivity contribution in [3.05, 3.63) is 23.9 Å². The summed E-state index contributed by atoms with van der Waals surface area (Å²) < 4.78 is 106. The van der Waals surface area contributed by atoms with Crippen LogP contribution < -0.4 is 24.8 Å². The van der Waals surface area contributed by atoms with Crippen molar-refractivity contribution in [2.45, 2.75) is 139 Å². The van der Waals surface area contributed by atoms with Gasteiger partial charge in [-0.15, -0.1) is 0 Å². The maximum Gasteiger partial charge on any atom is 0.408 e. The van der Waals surface area contributed by atoms with Crippen LogP contribution in [0.1, 0.15) is 98.1 Å². The molecule has 8 rings (SSSR count). The minimum atomic E-state index is -4.31. The summed E-state index contributed by atoms with van der Waals surface area (Å²) in [6.07, 6.45) is -5.20. The van der Waals surface area contributed by atoms with Crippen molar-refractivity contribution >= 4 is 44.9 Å². The minimum Gasteiger partial charge on any atom is -0.497 e. The molecule has 2 aromatic rings. The molecule has 1 aromatic heterocycles. The molecule has 1 aromatic carbocycles. The van der Waals surface area contributed by atoms with Gasteiger partial charge >= 0.3 is 6.09 Å². The number of alkyl carbamates (subject to hydrolysis) is 1. The number of carbonyl (C=O) groups is 4. The van der Waals surface area contributed by atoms with Gasteiger partial charge in [0, 0.05) is 18.9 Å². The number of sulfonamides is 1. The number of nitrogens with zero attached hydrogens (tertiary/aromatic N) is 3. The predicted octanol–water partition coefficient (Wildman–Crippen LogP) is 5.20. The quantitative estimate of drug-likeness (QED) is 0.309. The van der Waals surface area contributed by atoms with E-state index in [1.54, 1.807) is 26.8 Å². The van der Waals surface area contributed by atoms with Crippen molar-refractivity contribution in [3.8, 4) is 11.6 Å². The molecule has 6 aliphatic rings. The highest BCUT2D eigenvalue weighted by Crippen LogP contribution is 2.62. The number of methoxy groups -OCH3 is 1. The number of rotatable bonds is 7. The van der Waals surface area contributed by atoms with Crippen molar-refractivity contribution in [2.75, 3.05) is 13.7 Å². The zero-order valence-electron chi connectivity index (χ0n) is 35.5. The molecule has 340 valence electrons. The number of carbonyl (C=O) groups excluding carboxylic acids is 4. The molecule has 0 spiro atoms. The second-order valence-corrected chi connectivity index (χ2v) is 21.7. The molecule has 3 heterocycles. The summed E-state index contributed by atoms with van der Waals surface area (Å²) in [6, 6.07) is 1.61. The first kappa shape index (κ1) is 44.1. The Morgan fingerprint density at radius 1 is 1.03 bits per heavy atom. The number of fused-ring (bicyclic) bond motifs is 7. The van der Waals surface area contributed by atoms with Crippen LogP contribution in [0.4, 0.5) is 22.4 Å². The second-order valence-electron chi connectivity index (χ2n) is 19.5. The van der Waals surface area contributed by atoms with Crippen LogP contribution in [0.5, 0.6) is 11.6 Å². The van der Waals surface area contributed by atoms with Gasteiger partial charge in [0.25, 0.3) is 11.8 Å². The second kappa shape index (κ2) is 15.3. The molecule has 4 saturated carbocycles. The Hall–Kier alpha value is -4.49. The van der Waals surface area contributed by atoms with Gasteiger partial charge in [-0.05, 0) is 86.7 Å². The lowest BCUT2D eigenvalue weighted by Crippen LogP contribution is -2.60. The van der Waals surface area contributed by atoms with Crippen LogP contribution in [0.15, 0.2) is 18.2 Å². The number of aromatic nitrogens is 2. The lowest BCUT2D eigenvalue weighted by molar-refractivity contribution is -0.143. The predicted molar refractivity (Wildman–Crippen MR) is 214 cm³/mol. The van der Waals surface area contributed by atoms with Gasteiger partial charge in [-0.1, -0.05) is 34.1 Å². The van der Waals surface area contributed by atoms with Crippen LogP contribution in [0, 0.1) is 35.0 Å². The van der Waals surface area contributed by atoms with Gasteiger partial charge in [0.05, 0.1) is 35.4 Å². The molecule has 1 unspecified atom stereocenters. The highest BCUT2D eigenvalue weighted by atomic mass is 32.2. The summed E-state index contributed by atoms with van der Waals surface area (Å²) in [7, 11) is -2.88. The number of benzene rings is 1. The molecule has 15 nitrogen and oxygen atoms in total. The smallest absolute Gasteiger partial charge is 0.408 e. The standard InChI is InChI=1S/C42H54F4N6O9S/c1-20-24-17-29-23(30(20)24)9-7-8-12-42(45,46)31-35(48-27-15-21(59-6)10-11-26(27)47-31)60-22-16-28(52(19-22)36(54)32(39(2,3)4)49-38(56)61-29)34(53)50-41(18-25(41)33(43)44)37(55)51-62(57,58)40(5)13-14-40/h10-11,15,20,22-25,28-30,32-33H,7-9,12-14,16-19H2,1-6H3,(H,49,56)(H,50,53)(H,51,55)/t20?,22-,23+,24-,25+,28+,29-,30-,32-,41-/m1/s1. The number of amides is 4. The highest BCUT2D eigenvalue weighted by Gasteiger charge is 2.67. The molecule has 2 aliphatic heterocycles. The number of nitrogens with one attached hydrogen (secondary N) is 3. The summed E-state index contributed by atoms with van der Waals surface area (Å²) in [5, 5.41) is 5.09. The van der Waals surface area contributed by atoms with Crippen molar-refractivity contribution in [3.63, 3.8) is 0 Å². The molecular formula is C42H54F4N6O9S. The van der Waals surface area contributed by atoms with E-state index in [9.17, 15) is 36.4 Å². The van der Waals surface area contributed by atoms with Gasteiger partial charge in [-0.25, -0.2) is 32.0 Å². The maximum atomic E-state index is 16.5. The molecule has 62 heavy (non-hydrogen) atoms. The van der Waals surface area contributed by atoms with Crippen molar-refractivity contribution in [1.29, 1.82) is 0 Å².